The molecule has 0 aliphatic carbocycles. The van der Waals surface area contributed by atoms with Crippen molar-refractivity contribution in [1.29, 1.82) is 0 Å². The van der Waals surface area contributed by atoms with Crippen molar-refractivity contribution < 1.29 is 8.42 Å². The van der Waals surface area contributed by atoms with Gasteiger partial charge in [-0.05, 0) is 42.5 Å². The lowest BCUT2D eigenvalue weighted by atomic mass is 10.3. The van der Waals surface area contributed by atoms with Gasteiger partial charge in [-0.2, -0.15) is 0 Å². The van der Waals surface area contributed by atoms with Crippen molar-refractivity contribution >= 4 is 43.4 Å². The van der Waals surface area contributed by atoms with E-state index < -0.39 is 10.0 Å². The van der Waals surface area contributed by atoms with Crippen molar-refractivity contribution in [2.75, 3.05) is 5.73 Å². The van der Waals surface area contributed by atoms with E-state index in [1.165, 1.54) is 23.9 Å². The van der Waals surface area contributed by atoms with Gasteiger partial charge >= 0.3 is 0 Å². The summed E-state index contributed by atoms with van der Waals surface area (Å²) in [6.45, 7) is 0. The summed E-state index contributed by atoms with van der Waals surface area (Å²) >= 11 is 4.74. The summed E-state index contributed by atoms with van der Waals surface area (Å²) in [5.74, 6) is 0. The summed E-state index contributed by atoms with van der Waals surface area (Å²) in [6.07, 6.45) is 0. The zero-order valence-corrected chi connectivity index (χ0v) is 12.9. The highest BCUT2D eigenvalue weighted by Gasteiger charge is 2.11. The number of hydrogen-bond acceptors (Lipinski definition) is 4. The van der Waals surface area contributed by atoms with Crippen LogP contribution in [0.4, 0.5) is 5.69 Å². The predicted molar refractivity (Wildman–Crippen MR) is 80.5 cm³/mol. The summed E-state index contributed by atoms with van der Waals surface area (Å²) in [6, 6.07) is 12.1. The van der Waals surface area contributed by atoms with E-state index in [0.29, 0.717) is 10.6 Å². The van der Waals surface area contributed by atoms with Crippen LogP contribution in [-0.4, -0.2) is 8.42 Å². The Hall–Kier alpha value is -1.02. The van der Waals surface area contributed by atoms with Gasteiger partial charge in [-0.1, -0.05) is 27.7 Å². The SMILES string of the molecule is Nc1ccc(S(N)(=O)=O)cc1Sc1ccc(Br)cc1. The van der Waals surface area contributed by atoms with Gasteiger partial charge in [-0.25, -0.2) is 13.6 Å². The highest BCUT2D eigenvalue weighted by molar-refractivity contribution is 9.10. The standard InChI is InChI=1S/C12H11BrN2O2S2/c13-8-1-3-9(4-2-8)18-12-7-10(19(15,16)17)5-6-11(12)14/h1-7H,14H2,(H2,15,16,17). The van der Waals surface area contributed by atoms with Crippen molar-refractivity contribution in [3.8, 4) is 0 Å². The molecular formula is C12H11BrN2O2S2. The Kier molecular flexibility index (Phi) is 4.19. The van der Waals surface area contributed by atoms with Gasteiger partial charge in [0.1, 0.15) is 0 Å². The van der Waals surface area contributed by atoms with Gasteiger partial charge in [-0.3, -0.25) is 0 Å². The van der Waals surface area contributed by atoms with Gasteiger partial charge in [0.25, 0.3) is 0 Å². The molecule has 0 aliphatic heterocycles. The molecule has 0 heterocycles. The molecule has 7 heteroatoms. The average molecular weight is 359 g/mol. The Morgan fingerprint density at radius 3 is 2.26 bits per heavy atom. The third-order valence-corrected chi connectivity index (χ3v) is 4.88. The molecule has 0 saturated carbocycles. The number of nitrogen functional groups attached to an aromatic ring is 1. The van der Waals surface area contributed by atoms with Gasteiger partial charge in [0.2, 0.25) is 10.0 Å². The monoisotopic (exact) mass is 358 g/mol. The second kappa shape index (κ2) is 5.54. The van der Waals surface area contributed by atoms with Crippen LogP contribution in [0.25, 0.3) is 0 Å². The molecule has 0 fully saturated rings. The molecule has 0 aliphatic rings. The fourth-order valence-electron chi connectivity index (χ4n) is 1.41. The van der Waals surface area contributed by atoms with Crippen LogP contribution in [-0.2, 0) is 10.0 Å². The number of hydrogen-bond donors (Lipinski definition) is 2. The molecule has 0 unspecified atom stereocenters. The fourth-order valence-corrected chi connectivity index (χ4v) is 3.19. The molecule has 2 rings (SSSR count). The lowest BCUT2D eigenvalue weighted by Crippen LogP contribution is -2.12. The molecule has 4 N–H and O–H groups in total. The summed E-state index contributed by atoms with van der Waals surface area (Å²) in [7, 11) is -3.72. The first-order chi connectivity index (χ1) is 8.86. The van der Waals surface area contributed by atoms with E-state index in [-0.39, 0.29) is 4.90 Å². The lowest BCUT2D eigenvalue weighted by Gasteiger charge is -2.07. The highest BCUT2D eigenvalue weighted by Crippen LogP contribution is 2.33. The number of primary sulfonamides is 1. The maximum Gasteiger partial charge on any atom is 0.238 e. The zero-order valence-electron chi connectivity index (χ0n) is 9.71. The first kappa shape index (κ1) is 14.4. The second-order valence-corrected chi connectivity index (χ2v) is 7.39. The Balaban J connectivity index is 2.37. The number of benzene rings is 2. The van der Waals surface area contributed by atoms with Crippen LogP contribution in [0.3, 0.4) is 0 Å². The molecule has 0 radical (unpaired) electrons. The molecule has 2 aromatic carbocycles. The summed E-state index contributed by atoms with van der Waals surface area (Å²) in [5.41, 5.74) is 6.36. The molecule has 19 heavy (non-hydrogen) atoms. The number of halogens is 1. The van der Waals surface area contributed by atoms with Crippen molar-refractivity contribution in [3.63, 3.8) is 0 Å². The van der Waals surface area contributed by atoms with Crippen LogP contribution >= 0.6 is 27.7 Å². The predicted octanol–water partition coefficient (Wildman–Crippen LogP) is 2.83. The number of anilines is 1. The normalized spacial score (nSPS) is 11.5. The van der Waals surface area contributed by atoms with E-state index in [1.807, 2.05) is 24.3 Å². The van der Waals surface area contributed by atoms with Crippen LogP contribution in [0.5, 0.6) is 0 Å². The minimum atomic E-state index is -3.72. The first-order valence-electron chi connectivity index (χ1n) is 5.22. The van der Waals surface area contributed by atoms with Crippen molar-refractivity contribution in [2.24, 2.45) is 5.14 Å². The topological polar surface area (TPSA) is 86.2 Å². The number of rotatable bonds is 3. The quantitative estimate of drug-likeness (QED) is 0.825. The molecule has 0 aromatic heterocycles. The largest absolute Gasteiger partial charge is 0.398 e. The molecule has 4 nitrogen and oxygen atoms in total. The van der Waals surface area contributed by atoms with Crippen molar-refractivity contribution in [2.45, 2.75) is 14.7 Å². The van der Waals surface area contributed by atoms with Gasteiger partial charge in [0.05, 0.1) is 4.90 Å². The Labute approximate surface area is 124 Å². The lowest BCUT2D eigenvalue weighted by molar-refractivity contribution is 0.597. The average Bonchev–Trinajstić information content (AvgIpc) is 2.33. The maximum atomic E-state index is 11.3. The van der Waals surface area contributed by atoms with Gasteiger partial charge < -0.3 is 5.73 Å². The van der Waals surface area contributed by atoms with Gasteiger partial charge in [0, 0.05) is 20.0 Å². The molecule has 0 amide bonds. The number of nitrogens with two attached hydrogens (primary N) is 2. The second-order valence-electron chi connectivity index (χ2n) is 3.80. The third-order valence-electron chi connectivity index (χ3n) is 2.36. The van der Waals surface area contributed by atoms with Crippen molar-refractivity contribution in [1.82, 2.24) is 0 Å². The van der Waals surface area contributed by atoms with Crippen LogP contribution in [0.1, 0.15) is 0 Å². The van der Waals surface area contributed by atoms with E-state index in [0.717, 1.165) is 9.37 Å². The van der Waals surface area contributed by atoms with Crippen molar-refractivity contribution in [3.05, 3.63) is 46.9 Å². The van der Waals surface area contributed by atoms with Crippen LogP contribution < -0.4 is 10.9 Å². The smallest absolute Gasteiger partial charge is 0.238 e. The van der Waals surface area contributed by atoms with E-state index in [2.05, 4.69) is 15.9 Å². The third kappa shape index (κ3) is 3.73. The molecule has 100 valence electrons. The highest BCUT2D eigenvalue weighted by atomic mass is 79.9. The molecule has 0 bridgehead atoms. The minimum Gasteiger partial charge on any atom is -0.398 e. The van der Waals surface area contributed by atoms with Crippen LogP contribution in [0, 0.1) is 0 Å². The zero-order chi connectivity index (χ0) is 14.0. The fraction of sp³-hybridized carbons (Fsp3) is 0. The van der Waals surface area contributed by atoms with Gasteiger partial charge in [0.15, 0.2) is 0 Å². The van der Waals surface area contributed by atoms with E-state index >= 15 is 0 Å². The van der Waals surface area contributed by atoms with E-state index in [1.54, 1.807) is 6.07 Å². The molecule has 0 saturated heterocycles. The van der Waals surface area contributed by atoms with E-state index in [9.17, 15) is 8.42 Å². The first-order valence-corrected chi connectivity index (χ1v) is 8.37. The molecule has 0 atom stereocenters. The van der Waals surface area contributed by atoms with Crippen LogP contribution in [0.15, 0.2) is 61.6 Å². The summed E-state index contributed by atoms with van der Waals surface area (Å²) in [5, 5.41) is 5.10. The van der Waals surface area contributed by atoms with Crippen LogP contribution in [0.2, 0.25) is 0 Å². The minimum absolute atomic E-state index is 0.0568. The molecular weight excluding hydrogens is 348 g/mol. The Bertz CT molecular complexity index is 700. The Morgan fingerprint density at radius 2 is 1.68 bits per heavy atom. The molecule has 0 spiro atoms. The summed E-state index contributed by atoms with van der Waals surface area (Å²) < 4.78 is 23.6. The summed E-state index contributed by atoms with van der Waals surface area (Å²) in [4.78, 5) is 1.68. The maximum absolute atomic E-state index is 11.3. The van der Waals surface area contributed by atoms with E-state index in [4.69, 9.17) is 10.9 Å². The van der Waals surface area contributed by atoms with Gasteiger partial charge in [-0.15, -0.1) is 0 Å². The Morgan fingerprint density at radius 1 is 1.05 bits per heavy atom. The number of sulfonamides is 1. The molecule has 2 aromatic rings.